The number of amides is 2. The molecule has 37 heavy (non-hydrogen) atoms. The number of carboxylic acids is 1. The van der Waals surface area contributed by atoms with Crippen LogP contribution in [0.1, 0.15) is 22.5 Å². The Morgan fingerprint density at radius 1 is 1.11 bits per heavy atom. The highest BCUT2D eigenvalue weighted by Crippen LogP contribution is 2.18. The van der Waals surface area contributed by atoms with Crippen LogP contribution < -0.4 is 21.3 Å². The molecule has 0 radical (unpaired) electrons. The van der Waals surface area contributed by atoms with E-state index in [1.54, 1.807) is 41.1 Å². The SMILES string of the molecule is O=C(N[C@@H](CNC(=O)c1nn(CCCNC2=NCCN2)c2ccccc12)C(=O)O)OCc1ccccc1. The van der Waals surface area contributed by atoms with Gasteiger partial charge in [0.25, 0.3) is 5.91 Å². The fourth-order valence-corrected chi connectivity index (χ4v) is 3.80. The van der Waals surface area contributed by atoms with E-state index >= 15 is 0 Å². The predicted molar refractivity (Wildman–Crippen MR) is 136 cm³/mol. The van der Waals surface area contributed by atoms with Crippen molar-refractivity contribution in [3.8, 4) is 0 Å². The lowest BCUT2D eigenvalue weighted by Gasteiger charge is -2.15. The number of aryl methyl sites for hydroxylation is 1. The highest BCUT2D eigenvalue weighted by atomic mass is 16.5. The molecule has 2 aromatic carbocycles. The molecule has 194 valence electrons. The van der Waals surface area contributed by atoms with Crippen LogP contribution in [-0.2, 0) is 22.7 Å². The molecule has 3 aromatic rings. The number of carbonyl (C=O) groups excluding carboxylic acids is 2. The number of rotatable bonds is 11. The van der Waals surface area contributed by atoms with Gasteiger partial charge in [-0.05, 0) is 18.1 Å². The normalized spacial score (nSPS) is 13.4. The van der Waals surface area contributed by atoms with Gasteiger partial charge in [-0.25, -0.2) is 9.59 Å². The van der Waals surface area contributed by atoms with Gasteiger partial charge in [0.05, 0.1) is 12.1 Å². The first-order chi connectivity index (χ1) is 18.0. The number of alkyl carbamates (subject to hydrolysis) is 1. The van der Waals surface area contributed by atoms with Crippen LogP contribution in [0, 0.1) is 0 Å². The number of hydrogen-bond acceptors (Lipinski definition) is 8. The van der Waals surface area contributed by atoms with E-state index < -0.39 is 24.0 Å². The zero-order chi connectivity index (χ0) is 26.0. The quantitative estimate of drug-likeness (QED) is 0.241. The lowest BCUT2D eigenvalue weighted by Crippen LogP contribution is -2.48. The van der Waals surface area contributed by atoms with Gasteiger partial charge in [0.15, 0.2) is 11.7 Å². The summed E-state index contributed by atoms with van der Waals surface area (Å²) < 4.78 is 6.84. The minimum Gasteiger partial charge on any atom is -0.480 e. The zero-order valence-electron chi connectivity index (χ0n) is 20.1. The minimum atomic E-state index is -1.38. The van der Waals surface area contributed by atoms with Crippen molar-refractivity contribution in [2.45, 2.75) is 25.6 Å². The fourth-order valence-electron chi connectivity index (χ4n) is 3.80. The number of para-hydroxylation sites is 1. The van der Waals surface area contributed by atoms with Gasteiger partial charge >= 0.3 is 12.1 Å². The smallest absolute Gasteiger partial charge is 0.408 e. The van der Waals surface area contributed by atoms with Gasteiger partial charge in [-0.1, -0.05) is 48.5 Å². The standard InChI is InChI=1S/C25H29N7O5/c33-22(29-15-19(23(34)35)30-25(36)37-16-17-7-2-1-3-8-17)21-18-9-4-5-10-20(18)32(31-21)14-6-11-26-24-27-12-13-28-24/h1-5,7-10,19H,6,11-16H2,(H,29,33)(H,30,36)(H,34,35)(H2,26,27,28)/t19-/m0/s1. The van der Waals surface area contributed by atoms with E-state index in [-0.39, 0.29) is 18.8 Å². The molecule has 0 unspecified atom stereocenters. The molecule has 12 heteroatoms. The third kappa shape index (κ3) is 6.97. The highest BCUT2D eigenvalue weighted by molar-refractivity contribution is 6.05. The fraction of sp³-hybridized carbons (Fsp3) is 0.320. The van der Waals surface area contributed by atoms with Crippen molar-refractivity contribution in [1.29, 1.82) is 0 Å². The first-order valence-electron chi connectivity index (χ1n) is 12.0. The first-order valence-corrected chi connectivity index (χ1v) is 12.0. The van der Waals surface area contributed by atoms with Gasteiger partial charge in [-0.2, -0.15) is 5.10 Å². The molecule has 0 aliphatic carbocycles. The van der Waals surface area contributed by atoms with Crippen molar-refractivity contribution in [3.05, 3.63) is 65.9 Å². The Kier molecular flexibility index (Phi) is 8.53. The maximum Gasteiger partial charge on any atom is 0.408 e. The largest absolute Gasteiger partial charge is 0.480 e. The maximum atomic E-state index is 12.9. The molecule has 0 fully saturated rings. The van der Waals surface area contributed by atoms with E-state index in [2.05, 4.69) is 31.4 Å². The molecule has 1 aromatic heterocycles. The molecule has 4 rings (SSSR count). The van der Waals surface area contributed by atoms with E-state index in [1.165, 1.54) is 0 Å². The molecule has 12 nitrogen and oxygen atoms in total. The average Bonchev–Trinajstić information content (AvgIpc) is 3.56. The van der Waals surface area contributed by atoms with Gasteiger partial charge in [0.2, 0.25) is 0 Å². The molecular weight excluding hydrogens is 478 g/mol. The lowest BCUT2D eigenvalue weighted by molar-refractivity contribution is -0.139. The molecular formula is C25H29N7O5. The second-order valence-corrected chi connectivity index (χ2v) is 8.33. The first kappa shape index (κ1) is 25.5. The van der Waals surface area contributed by atoms with Crippen LogP contribution in [0.3, 0.4) is 0 Å². The van der Waals surface area contributed by atoms with Crippen molar-refractivity contribution in [2.75, 3.05) is 26.2 Å². The molecule has 1 aliphatic rings. The van der Waals surface area contributed by atoms with Gasteiger partial charge in [0, 0.05) is 31.6 Å². The molecule has 2 heterocycles. The number of nitrogens with zero attached hydrogens (tertiary/aromatic N) is 3. The van der Waals surface area contributed by atoms with E-state index in [4.69, 9.17) is 4.74 Å². The van der Waals surface area contributed by atoms with E-state index in [0.717, 1.165) is 36.6 Å². The average molecular weight is 508 g/mol. The number of carbonyl (C=O) groups is 3. The third-order valence-electron chi connectivity index (χ3n) is 5.66. The Balaban J connectivity index is 1.33. The summed E-state index contributed by atoms with van der Waals surface area (Å²) in [4.78, 5) is 41.0. The van der Waals surface area contributed by atoms with Crippen molar-refractivity contribution < 1.29 is 24.2 Å². The Hall–Kier alpha value is -4.61. The molecule has 5 N–H and O–H groups in total. The van der Waals surface area contributed by atoms with Gasteiger partial charge in [0.1, 0.15) is 12.6 Å². The third-order valence-corrected chi connectivity index (χ3v) is 5.66. The monoisotopic (exact) mass is 507 g/mol. The molecule has 1 aliphatic heterocycles. The predicted octanol–water partition coefficient (Wildman–Crippen LogP) is 1.08. The van der Waals surface area contributed by atoms with Crippen LogP contribution in [0.4, 0.5) is 4.79 Å². The number of carboxylic acid groups (broad SMARTS) is 1. The Labute approximate surface area is 213 Å². The van der Waals surface area contributed by atoms with Crippen LogP contribution in [0.2, 0.25) is 0 Å². The molecule has 1 atom stereocenters. The number of aromatic nitrogens is 2. The van der Waals surface area contributed by atoms with E-state index in [0.29, 0.717) is 18.5 Å². The number of fused-ring (bicyclic) bond motifs is 1. The van der Waals surface area contributed by atoms with Gasteiger partial charge in [-0.3, -0.25) is 14.5 Å². The summed E-state index contributed by atoms with van der Waals surface area (Å²) >= 11 is 0. The Morgan fingerprint density at radius 2 is 1.89 bits per heavy atom. The zero-order valence-corrected chi connectivity index (χ0v) is 20.1. The Morgan fingerprint density at radius 3 is 2.65 bits per heavy atom. The van der Waals surface area contributed by atoms with E-state index in [9.17, 15) is 19.5 Å². The summed E-state index contributed by atoms with van der Waals surface area (Å²) in [5, 5.41) is 25.8. The summed E-state index contributed by atoms with van der Waals surface area (Å²) in [6, 6.07) is 15.0. The molecule has 0 saturated heterocycles. The number of ether oxygens (including phenoxy) is 1. The van der Waals surface area contributed by atoms with Gasteiger partial charge < -0.3 is 31.1 Å². The number of hydrogen-bond donors (Lipinski definition) is 5. The van der Waals surface area contributed by atoms with Crippen molar-refractivity contribution in [2.24, 2.45) is 4.99 Å². The Bertz CT molecular complexity index is 1270. The maximum absolute atomic E-state index is 12.9. The number of aliphatic carboxylic acids is 1. The lowest BCUT2D eigenvalue weighted by atomic mass is 10.2. The van der Waals surface area contributed by atoms with Gasteiger partial charge in [-0.15, -0.1) is 0 Å². The highest BCUT2D eigenvalue weighted by Gasteiger charge is 2.24. The van der Waals surface area contributed by atoms with Crippen LogP contribution in [0.15, 0.2) is 59.6 Å². The number of aliphatic imine (C=N–C) groups is 1. The molecule has 2 amide bonds. The topological polar surface area (TPSA) is 159 Å². The molecule has 0 bridgehead atoms. The van der Waals surface area contributed by atoms with Crippen molar-refractivity contribution >= 4 is 34.8 Å². The van der Waals surface area contributed by atoms with Crippen molar-refractivity contribution in [1.82, 2.24) is 31.0 Å². The van der Waals surface area contributed by atoms with Crippen LogP contribution in [-0.4, -0.2) is 71.0 Å². The summed E-state index contributed by atoms with van der Waals surface area (Å²) in [6.45, 7) is 2.51. The minimum absolute atomic E-state index is 0.00502. The number of nitrogens with one attached hydrogen (secondary N) is 4. The molecule has 0 saturated carbocycles. The second-order valence-electron chi connectivity index (χ2n) is 8.33. The molecule has 0 spiro atoms. The summed E-state index contributed by atoms with van der Waals surface area (Å²) in [5.41, 5.74) is 1.74. The van der Waals surface area contributed by atoms with Crippen LogP contribution >= 0.6 is 0 Å². The summed E-state index contributed by atoms with van der Waals surface area (Å²) in [6.07, 6.45) is -0.142. The number of guanidine groups is 1. The second kappa shape index (κ2) is 12.4. The summed E-state index contributed by atoms with van der Waals surface area (Å²) in [5.74, 6) is -1.06. The van der Waals surface area contributed by atoms with E-state index in [1.807, 2.05) is 18.2 Å². The summed E-state index contributed by atoms with van der Waals surface area (Å²) in [7, 11) is 0. The number of benzene rings is 2. The van der Waals surface area contributed by atoms with Crippen molar-refractivity contribution in [3.63, 3.8) is 0 Å². The van der Waals surface area contributed by atoms with Crippen LogP contribution in [0.25, 0.3) is 10.9 Å². The van der Waals surface area contributed by atoms with Crippen LogP contribution in [0.5, 0.6) is 0 Å².